The van der Waals surface area contributed by atoms with Crippen molar-refractivity contribution in [2.24, 2.45) is 0 Å². The van der Waals surface area contributed by atoms with Crippen LogP contribution >= 0.6 is 11.3 Å². The lowest BCUT2D eigenvalue weighted by molar-refractivity contribution is 0.0777. The number of aryl methyl sites for hydroxylation is 1. The zero-order valence-electron chi connectivity index (χ0n) is 11.4. The van der Waals surface area contributed by atoms with Crippen molar-refractivity contribution in [1.82, 2.24) is 4.90 Å². The van der Waals surface area contributed by atoms with Crippen LogP contribution in [0.3, 0.4) is 0 Å². The summed E-state index contributed by atoms with van der Waals surface area (Å²) in [5.41, 5.74) is 0.974. The lowest BCUT2D eigenvalue weighted by atomic mass is 10.3. The summed E-state index contributed by atoms with van der Waals surface area (Å²) in [6.07, 6.45) is 0. The van der Waals surface area contributed by atoms with Crippen LogP contribution in [0.5, 0.6) is 5.75 Å². The van der Waals surface area contributed by atoms with Crippen molar-refractivity contribution in [1.29, 1.82) is 0 Å². The van der Waals surface area contributed by atoms with E-state index in [1.807, 2.05) is 18.4 Å². The fourth-order valence-corrected chi connectivity index (χ4v) is 2.64. The van der Waals surface area contributed by atoms with Gasteiger partial charge in [0.25, 0.3) is 5.91 Å². The predicted molar refractivity (Wildman–Crippen MR) is 77.9 cm³/mol. The molecule has 0 N–H and O–H groups in total. The Morgan fingerprint density at radius 3 is 2.75 bits per heavy atom. The average molecular weight is 293 g/mol. The van der Waals surface area contributed by atoms with Crippen molar-refractivity contribution < 1.29 is 13.9 Å². The second-order valence-electron chi connectivity index (χ2n) is 4.44. The van der Waals surface area contributed by atoms with Crippen molar-refractivity contribution >= 4 is 17.2 Å². The topological polar surface area (TPSA) is 29.5 Å². The molecule has 1 aromatic carbocycles. The van der Waals surface area contributed by atoms with Crippen LogP contribution in [0.2, 0.25) is 0 Å². The van der Waals surface area contributed by atoms with E-state index in [1.165, 1.54) is 17.4 Å². The summed E-state index contributed by atoms with van der Waals surface area (Å²) in [7, 11) is 1.71. The summed E-state index contributed by atoms with van der Waals surface area (Å²) in [5, 5.41) is 1.90. The van der Waals surface area contributed by atoms with Gasteiger partial charge in [0.2, 0.25) is 0 Å². The number of hydrogen-bond donors (Lipinski definition) is 0. The number of hydrogen-bond acceptors (Lipinski definition) is 3. The molecule has 0 saturated heterocycles. The third-order valence-electron chi connectivity index (χ3n) is 2.92. The number of benzene rings is 1. The number of para-hydroxylation sites is 1. The molecule has 3 nitrogen and oxygen atoms in total. The molecule has 106 valence electrons. The number of carbonyl (C=O) groups excluding carboxylic acids is 1. The summed E-state index contributed by atoms with van der Waals surface area (Å²) in [6.45, 7) is 2.57. The van der Waals surface area contributed by atoms with E-state index in [9.17, 15) is 9.18 Å². The molecule has 0 atom stereocenters. The van der Waals surface area contributed by atoms with Crippen LogP contribution in [0.1, 0.15) is 15.2 Å². The maximum Gasteiger partial charge on any atom is 0.264 e. The number of ether oxygens (including phenoxy) is 1. The molecule has 0 bridgehead atoms. The predicted octanol–water partition coefficient (Wildman–Crippen LogP) is 3.35. The lowest BCUT2D eigenvalue weighted by Crippen LogP contribution is -2.30. The fourth-order valence-electron chi connectivity index (χ4n) is 1.72. The molecular formula is C15H16FNO2S. The minimum atomic E-state index is -0.393. The molecule has 0 aliphatic heterocycles. The molecule has 0 fully saturated rings. The van der Waals surface area contributed by atoms with Gasteiger partial charge in [-0.05, 0) is 36.1 Å². The van der Waals surface area contributed by atoms with Gasteiger partial charge in [-0.15, -0.1) is 11.3 Å². The molecule has 2 aromatic rings. The Kier molecular flexibility index (Phi) is 4.74. The molecule has 5 heteroatoms. The largest absolute Gasteiger partial charge is 0.489 e. The van der Waals surface area contributed by atoms with Gasteiger partial charge in [-0.2, -0.15) is 0 Å². The Balaban J connectivity index is 1.87. The van der Waals surface area contributed by atoms with E-state index in [-0.39, 0.29) is 18.3 Å². The lowest BCUT2D eigenvalue weighted by Gasteiger charge is -2.17. The average Bonchev–Trinajstić information content (AvgIpc) is 2.86. The number of halogens is 1. The molecule has 0 saturated carbocycles. The van der Waals surface area contributed by atoms with Gasteiger partial charge in [0.1, 0.15) is 6.61 Å². The Labute approximate surface area is 121 Å². The number of amides is 1. The SMILES string of the molecule is Cc1ccsc1C(=O)N(C)CCOc1ccccc1F. The van der Waals surface area contributed by atoms with Crippen LogP contribution < -0.4 is 4.74 Å². The van der Waals surface area contributed by atoms with Crippen molar-refractivity contribution in [2.45, 2.75) is 6.92 Å². The third-order valence-corrected chi connectivity index (χ3v) is 3.93. The Morgan fingerprint density at radius 2 is 2.10 bits per heavy atom. The molecule has 1 aromatic heterocycles. The van der Waals surface area contributed by atoms with Crippen LogP contribution in [-0.2, 0) is 0 Å². The first-order chi connectivity index (χ1) is 9.59. The number of thiophene rings is 1. The second kappa shape index (κ2) is 6.52. The van der Waals surface area contributed by atoms with Crippen LogP contribution in [0.4, 0.5) is 4.39 Å². The van der Waals surface area contributed by atoms with E-state index >= 15 is 0 Å². The molecular weight excluding hydrogens is 277 g/mol. The number of carbonyl (C=O) groups is 1. The molecule has 1 heterocycles. The van der Waals surface area contributed by atoms with Crippen molar-refractivity contribution in [3.05, 3.63) is 52.0 Å². The molecule has 20 heavy (non-hydrogen) atoms. The van der Waals surface area contributed by atoms with Gasteiger partial charge in [-0.1, -0.05) is 12.1 Å². The Morgan fingerprint density at radius 1 is 1.35 bits per heavy atom. The fraction of sp³-hybridized carbons (Fsp3) is 0.267. The minimum absolute atomic E-state index is 0.0327. The number of nitrogens with zero attached hydrogens (tertiary/aromatic N) is 1. The number of likely N-dealkylation sites (N-methyl/N-ethyl adjacent to an activating group) is 1. The zero-order valence-corrected chi connectivity index (χ0v) is 12.2. The number of rotatable bonds is 5. The molecule has 0 unspecified atom stereocenters. The van der Waals surface area contributed by atoms with Crippen LogP contribution in [0.15, 0.2) is 35.7 Å². The summed E-state index contributed by atoms with van der Waals surface area (Å²) < 4.78 is 18.7. The van der Waals surface area contributed by atoms with Gasteiger partial charge in [0, 0.05) is 7.05 Å². The first-order valence-electron chi connectivity index (χ1n) is 6.26. The van der Waals surface area contributed by atoms with Crippen molar-refractivity contribution in [3.63, 3.8) is 0 Å². The summed E-state index contributed by atoms with van der Waals surface area (Å²) >= 11 is 1.43. The molecule has 0 radical (unpaired) electrons. The van der Waals surface area contributed by atoms with Gasteiger partial charge in [0.15, 0.2) is 11.6 Å². The van der Waals surface area contributed by atoms with Crippen LogP contribution in [-0.4, -0.2) is 31.0 Å². The van der Waals surface area contributed by atoms with Gasteiger partial charge in [0.05, 0.1) is 11.4 Å². The van der Waals surface area contributed by atoms with E-state index in [2.05, 4.69) is 0 Å². The van der Waals surface area contributed by atoms with Crippen LogP contribution in [0, 0.1) is 12.7 Å². The van der Waals surface area contributed by atoms with E-state index < -0.39 is 5.82 Å². The quantitative estimate of drug-likeness (QED) is 0.846. The molecule has 0 aliphatic carbocycles. The molecule has 2 rings (SSSR count). The standard InChI is InChI=1S/C15H16FNO2S/c1-11-7-10-20-14(11)15(18)17(2)8-9-19-13-6-4-3-5-12(13)16/h3-7,10H,8-9H2,1-2H3. The van der Waals surface area contributed by atoms with E-state index in [4.69, 9.17) is 4.74 Å². The maximum absolute atomic E-state index is 13.3. The first-order valence-corrected chi connectivity index (χ1v) is 7.14. The smallest absolute Gasteiger partial charge is 0.264 e. The minimum Gasteiger partial charge on any atom is -0.489 e. The Bertz CT molecular complexity index is 597. The maximum atomic E-state index is 13.3. The second-order valence-corrected chi connectivity index (χ2v) is 5.35. The molecule has 0 aliphatic rings. The van der Waals surface area contributed by atoms with Crippen molar-refractivity contribution in [2.75, 3.05) is 20.2 Å². The zero-order chi connectivity index (χ0) is 14.5. The molecule has 1 amide bonds. The van der Waals surface area contributed by atoms with E-state index in [0.717, 1.165) is 10.4 Å². The first kappa shape index (κ1) is 14.5. The third kappa shape index (κ3) is 3.36. The summed E-state index contributed by atoms with van der Waals surface area (Å²) in [4.78, 5) is 14.5. The normalized spacial score (nSPS) is 10.3. The summed E-state index contributed by atoms with van der Waals surface area (Å²) in [5.74, 6) is -0.217. The van der Waals surface area contributed by atoms with Gasteiger partial charge in [-0.25, -0.2) is 4.39 Å². The highest BCUT2D eigenvalue weighted by atomic mass is 32.1. The van der Waals surface area contributed by atoms with E-state index in [1.54, 1.807) is 30.1 Å². The highest BCUT2D eigenvalue weighted by Gasteiger charge is 2.15. The highest BCUT2D eigenvalue weighted by Crippen LogP contribution is 2.18. The molecule has 0 spiro atoms. The van der Waals surface area contributed by atoms with Gasteiger partial charge in [-0.3, -0.25) is 4.79 Å². The Hall–Kier alpha value is -1.88. The monoisotopic (exact) mass is 293 g/mol. The summed E-state index contributed by atoms with van der Waals surface area (Å²) in [6, 6.07) is 8.15. The van der Waals surface area contributed by atoms with Crippen LogP contribution in [0.25, 0.3) is 0 Å². The van der Waals surface area contributed by atoms with E-state index in [0.29, 0.717) is 6.54 Å². The highest BCUT2D eigenvalue weighted by molar-refractivity contribution is 7.12. The van der Waals surface area contributed by atoms with Gasteiger partial charge >= 0.3 is 0 Å². The van der Waals surface area contributed by atoms with Crippen molar-refractivity contribution in [3.8, 4) is 5.75 Å². The van der Waals surface area contributed by atoms with Gasteiger partial charge < -0.3 is 9.64 Å².